The van der Waals surface area contributed by atoms with Crippen molar-refractivity contribution >= 4 is 0 Å². The predicted molar refractivity (Wildman–Crippen MR) is 43.7 cm³/mol. The minimum Gasteiger partial charge on any atom is -0.268 e. The number of terminal acetylenes is 1. The molecular formula is C9H7F4N. The molecule has 1 unspecified atom stereocenters. The van der Waals surface area contributed by atoms with E-state index in [1.807, 2.05) is 11.2 Å². The van der Waals surface area contributed by atoms with E-state index in [2.05, 4.69) is 0 Å². The van der Waals surface area contributed by atoms with Gasteiger partial charge in [0.1, 0.15) is 5.83 Å². The van der Waals surface area contributed by atoms with Crippen LogP contribution in [0.4, 0.5) is 17.6 Å². The third-order valence-electron chi connectivity index (χ3n) is 1.76. The molecule has 0 aliphatic heterocycles. The molecule has 0 aromatic carbocycles. The van der Waals surface area contributed by atoms with Gasteiger partial charge in [0.05, 0.1) is 13.0 Å². The average Bonchev–Trinajstić information content (AvgIpc) is 2.12. The molecule has 1 aliphatic carbocycles. The predicted octanol–water partition coefficient (Wildman–Crippen LogP) is 2.28. The standard InChI is InChI=1S/C9H7F4N/c1-2-3-14-9(13)5-7(11)6(10)4-8(9)12/h1,4,14H,3,5H2. The number of hydrogen-bond donors (Lipinski definition) is 1. The van der Waals surface area contributed by atoms with Crippen molar-refractivity contribution in [2.24, 2.45) is 0 Å². The number of rotatable bonds is 2. The summed E-state index contributed by atoms with van der Waals surface area (Å²) >= 11 is 0. The lowest BCUT2D eigenvalue weighted by Gasteiger charge is -2.25. The molecule has 0 saturated heterocycles. The van der Waals surface area contributed by atoms with Gasteiger partial charge in [-0.3, -0.25) is 5.32 Å². The number of hydrogen-bond acceptors (Lipinski definition) is 1. The maximum Gasteiger partial charge on any atom is 0.220 e. The molecule has 76 valence electrons. The van der Waals surface area contributed by atoms with E-state index in [0.29, 0.717) is 0 Å². The molecule has 0 amide bonds. The molecule has 0 aromatic rings. The SMILES string of the molecule is C#CCNC1(F)CC(F)=C(F)C=C1F. The smallest absolute Gasteiger partial charge is 0.220 e. The molecule has 5 heteroatoms. The minimum absolute atomic E-state index is 0.169. The van der Waals surface area contributed by atoms with E-state index < -0.39 is 29.7 Å². The fraction of sp³-hybridized carbons (Fsp3) is 0.333. The van der Waals surface area contributed by atoms with Crippen LogP contribution in [-0.4, -0.2) is 12.3 Å². The van der Waals surface area contributed by atoms with Crippen LogP contribution in [0.3, 0.4) is 0 Å². The molecule has 1 N–H and O–H groups in total. The minimum atomic E-state index is -2.73. The average molecular weight is 205 g/mol. The Morgan fingerprint density at radius 2 is 2.14 bits per heavy atom. The van der Waals surface area contributed by atoms with E-state index in [4.69, 9.17) is 6.42 Å². The topological polar surface area (TPSA) is 12.0 Å². The van der Waals surface area contributed by atoms with Crippen LogP contribution in [0.2, 0.25) is 0 Å². The molecule has 0 fully saturated rings. The van der Waals surface area contributed by atoms with E-state index in [9.17, 15) is 17.6 Å². The molecule has 0 aromatic heterocycles. The molecule has 0 bridgehead atoms. The fourth-order valence-corrected chi connectivity index (χ4v) is 1.02. The summed E-state index contributed by atoms with van der Waals surface area (Å²) in [6, 6.07) is 0. The Labute approximate surface area is 78.5 Å². The summed E-state index contributed by atoms with van der Waals surface area (Å²) in [6.07, 6.45) is 3.96. The Morgan fingerprint density at radius 1 is 1.50 bits per heavy atom. The highest BCUT2D eigenvalue weighted by Crippen LogP contribution is 2.35. The van der Waals surface area contributed by atoms with Crippen molar-refractivity contribution in [3.05, 3.63) is 23.6 Å². The molecule has 0 heterocycles. The molecule has 1 rings (SSSR count). The van der Waals surface area contributed by atoms with Crippen LogP contribution in [0.25, 0.3) is 0 Å². The quantitative estimate of drug-likeness (QED) is 0.414. The Kier molecular flexibility index (Phi) is 2.96. The first kappa shape index (κ1) is 10.8. The van der Waals surface area contributed by atoms with Gasteiger partial charge in [-0.15, -0.1) is 6.42 Å². The second kappa shape index (κ2) is 3.84. The number of halogens is 4. The Balaban J connectivity index is 2.86. The van der Waals surface area contributed by atoms with Crippen LogP contribution in [0.15, 0.2) is 23.6 Å². The number of nitrogens with one attached hydrogen (secondary N) is 1. The highest BCUT2D eigenvalue weighted by Gasteiger charge is 2.40. The van der Waals surface area contributed by atoms with Gasteiger partial charge in [0.15, 0.2) is 11.7 Å². The molecule has 1 atom stereocenters. The summed E-state index contributed by atoms with van der Waals surface area (Å²) in [5, 5.41) is 1.96. The monoisotopic (exact) mass is 205 g/mol. The van der Waals surface area contributed by atoms with Crippen molar-refractivity contribution in [1.82, 2.24) is 5.32 Å². The summed E-state index contributed by atoms with van der Waals surface area (Å²) in [6.45, 7) is -0.271. The van der Waals surface area contributed by atoms with E-state index in [1.165, 1.54) is 0 Å². The van der Waals surface area contributed by atoms with Crippen molar-refractivity contribution in [3.63, 3.8) is 0 Å². The zero-order chi connectivity index (χ0) is 10.8. The van der Waals surface area contributed by atoms with E-state index >= 15 is 0 Å². The van der Waals surface area contributed by atoms with Crippen molar-refractivity contribution in [3.8, 4) is 12.3 Å². The lowest BCUT2D eigenvalue weighted by molar-refractivity contribution is 0.120. The van der Waals surface area contributed by atoms with Gasteiger partial charge in [0, 0.05) is 6.08 Å². The van der Waals surface area contributed by atoms with Crippen LogP contribution in [-0.2, 0) is 0 Å². The summed E-state index contributed by atoms with van der Waals surface area (Å²) in [4.78, 5) is 0. The first-order valence-electron chi connectivity index (χ1n) is 3.79. The number of allylic oxidation sites excluding steroid dienone is 2. The van der Waals surface area contributed by atoms with E-state index in [1.54, 1.807) is 0 Å². The van der Waals surface area contributed by atoms with Crippen molar-refractivity contribution < 1.29 is 17.6 Å². The molecule has 1 aliphatic rings. The Morgan fingerprint density at radius 3 is 2.71 bits per heavy atom. The maximum absolute atomic E-state index is 13.5. The largest absolute Gasteiger partial charge is 0.268 e. The van der Waals surface area contributed by atoms with Gasteiger partial charge in [-0.2, -0.15) is 0 Å². The second-order valence-corrected chi connectivity index (χ2v) is 2.78. The van der Waals surface area contributed by atoms with Crippen molar-refractivity contribution in [2.75, 3.05) is 6.54 Å². The van der Waals surface area contributed by atoms with Gasteiger partial charge in [-0.1, -0.05) is 5.92 Å². The third kappa shape index (κ3) is 1.96. The first-order chi connectivity index (χ1) is 6.49. The number of alkyl halides is 1. The van der Waals surface area contributed by atoms with Gasteiger partial charge < -0.3 is 0 Å². The summed E-state index contributed by atoms with van der Waals surface area (Å²) < 4.78 is 51.5. The van der Waals surface area contributed by atoms with E-state index in [0.717, 1.165) is 0 Å². The molecule has 1 nitrogen and oxygen atoms in total. The molecule has 0 saturated carbocycles. The summed E-state index contributed by atoms with van der Waals surface area (Å²) in [5.74, 6) is -4.86. The highest BCUT2D eigenvalue weighted by atomic mass is 19.2. The van der Waals surface area contributed by atoms with Gasteiger partial charge in [-0.25, -0.2) is 17.6 Å². The maximum atomic E-state index is 13.5. The first-order valence-corrected chi connectivity index (χ1v) is 3.79. The van der Waals surface area contributed by atoms with Crippen molar-refractivity contribution in [1.29, 1.82) is 0 Å². The van der Waals surface area contributed by atoms with Crippen LogP contribution in [0.5, 0.6) is 0 Å². The lowest BCUT2D eigenvalue weighted by Crippen LogP contribution is -2.43. The highest BCUT2D eigenvalue weighted by molar-refractivity contribution is 5.30. The van der Waals surface area contributed by atoms with Crippen LogP contribution in [0.1, 0.15) is 6.42 Å². The van der Waals surface area contributed by atoms with Gasteiger partial charge in [0.25, 0.3) is 0 Å². The zero-order valence-electron chi connectivity index (χ0n) is 7.08. The van der Waals surface area contributed by atoms with E-state index in [-0.39, 0.29) is 12.6 Å². The molecule has 0 spiro atoms. The zero-order valence-corrected chi connectivity index (χ0v) is 7.08. The Bertz CT molecular complexity index is 339. The van der Waals surface area contributed by atoms with Crippen LogP contribution < -0.4 is 5.32 Å². The third-order valence-corrected chi connectivity index (χ3v) is 1.76. The summed E-state index contributed by atoms with van der Waals surface area (Å²) in [7, 11) is 0. The summed E-state index contributed by atoms with van der Waals surface area (Å²) in [5.41, 5.74) is 0. The normalized spacial score (nSPS) is 27.2. The van der Waals surface area contributed by atoms with Gasteiger partial charge >= 0.3 is 0 Å². The Hall–Kier alpha value is -1.28. The van der Waals surface area contributed by atoms with Crippen molar-refractivity contribution in [2.45, 2.75) is 12.2 Å². The van der Waals surface area contributed by atoms with Crippen LogP contribution >= 0.6 is 0 Å². The molecule has 0 radical (unpaired) electrons. The lowest BCUT2D eigenvalue weighted by atomic mass is 10.0. The van der Waals surface area contributed by atoms with Crippen LogP contribution in [0, 0.1) is 12.3 Å². The molecular weight excluding hydrogens is 198 g/mol. The second-order valence-electron chi connectivity index (χ2n) is 2.78. The van der Waals surface area contributed by atoms with Gasteiger partial charge in [-0.05, 0) is 0 Å². The fourth-order valence-electron chi connectivity index (χ4n) is 1.02. The molecule has 14 heavy (non-hydrogen) atoms. The van der Waals surface area contributed by atoms with Gasteiger partial charge in [0.2, 0.25) is 5.79 Å².